The molecule has 5 nitrogen and oxygen atoms in total. The van der Waals surface area contributed by atoms with Gasteiger partial charge >= 0.3 is 5.97 Å². The zero-order chi connectivity index (χ0) is 15.5. The molecule has 2 fully saturated rings. The number of hydrogen-bond donors (Lipinski definition) is 1. The van der Waals surface area contributed by atoms with Crippen molar-refractivity contribution in [3.05, 3.63) is 29.6 Å². The maximum Gasteiger partial charge on any atom is 0.356 e. The van der Waals surface area contributed by atoms with Gasteiger partial charge in [0.05, 0.1) is 7.11 Å². The lowest BCUT2D eigenvalue weighted by atomic mass is 9.86. The Morgan fingerprint density at radius 1 is 1.36 bits per heavy atom. The third-order valence-electron chi connectivity index (χ3n) is 5.04. The Kier molecular flexibility index (Phi) is 4.41. The Hall–Kier alpha value is -1.91. The summed E-state index contributed by atoms with van der Waals surface area (Å²) in [7, 11) is 1.33. The Labute approximate surface area is 130 Å². The molecule has 2 bridgehead atoms. The second-order valence-corrected chi connectivity index (χ2v) is 6.46. The van der Waals surface area contributed by atoms with Crippen molar-refractivity contribution < 1.29 is 14.3 Å². The molecular formula is C17H22N2O3. The topological polar surface area (TPSA) is 68.3 Å². The third-order valence-corrected chi connectivity index (χ3v) is 5.04. The van der Waals surface area contributed by atoms with Gasteiger partial charge < -0.3 is 10.1 Å². The number of pyridine rings is 1. The smallest absolute Gasteiger partial charge is 0.356 e. The molecule has 0 spiro atoms. The van der Waals surface area contributed by atoms with E-state index in [0.29, 0.717) is 18.9 Å². The highest BCUT2D eigenvalue weighted by Gasteiger charge is 2.39. The molecular weight excluding hydrogens is 280 g/mol. The average Bonchev–Trinajstić information content (AvgIpc) is 3.15. The molecule has 3 rings (SSSR count). The first-order valence-corrected chi connectivity index (χ1v) is 7.95. The van der Waals surface area contributed by atoms with E-state index in [1.807, 2.05) is 0 Å². The maximum absolute atomic E-state index is 12.1. The zero-order valence-electron chi connectivity index (χ0n) is 12.9. The van der Waals surface area contributed by atoms with E-state index < -0.39 is 5.97 Å². The zero-order valence-corrected chi connectivity index (χ0v) is 12.9. The van der Waals surface area contributed by atoms with Gasteiger partial charge in [0.1, 0.15) is 5.69 Å². The molecule has 0 radical (unpaired) electrons. The molecule has 118 valence electrons. The quantitative estimate of drug-likeness (QED) is 0.848. The first kappa shape index (κ1) is 15.0. The van der Waals surface area contributed by atoms with Crippen LogP contribution in [-0.4, -0.2) is 24.0 Å². The van der Waals surface area contributed by atoms with Crippen molar-refractivity contribution in [1.82, 2.24) is 10.3 Å². The second kappa shape index (κ2) is 6.46. The van der Waals surface area contributed by atoms with Gasteiger partial charge in [-0.25, -0.2) is 9.78 Å². The van der Waals surface area contributed by atoms with Crippen LogP contribution in [-0.2, 0) is 16.1 Å². The van der Waals surface area contributed by atoms with Crippen molar-refractivity contribution in [3.8, 4) is 0 Å². The first-order valence-electron chi connectivity index (χ1n) is 7.95. The van der Waals surface area contributed by atoms with E-state index in [1.165, 1.54) is 32.8 Å². The Morgan fingerprint density at radius 2 is 2.23 bits per heavy atom. The summed E-state index contributed by atoms with van der Waals surface area (Å²) in [5.74, 6) is 1.85. The molecule has 2 aliphatic carbocycles. The van der Waals surface area contributed by atoms with E-state index >= 15 is 0 Å². The number of hydrogen-bond acceptors (Lipinski definition) is 4. The van der Waals surface area contributed by atoms with Gasteiger partial charge in [0.15, 0.2) is 0 Å². The molecule has 1 amide bonds. The van der Waals surface area contributed by atoms with E-state index in [4.69, 9.17) is 0 Å². The molecule has 5 heteroatoms. The Morgan fingerprint density at radius 3 is 2.91 bits per heavy atom. The van der Waals surface area contributed by atoms with Gasteiger partial charge in [0.2, 0.25) is 5.91 Å². The number of nitrogens with zero attached hydrogens (tertiary/aromatic N) is 1. The van der Waals surface area contributed by atoms with Crippen LogP contribution in [0.15, 0.2) is 18.3 Å². The third kappa shape index (κ3) is 3.29. The fraction of sp³-hybridized carbons (Fsp3) is 0.588. The minimum Gasteiger partial charge on any atom is -0.464 e. The minimum absolute atomic E-state index is 0.106. The molecule has 0 saturated heterocycles. The van der Waals surface area contributed by atoms with Crippen molar-refractivity contribution in [3.63, 3.8) is 0 Å². The summed E-state index contributed by atoms with van der Waals surface area (Å²) in [5, 5.41) is 2.95. The molecule has 1 N–H and O–H groups in total. The predicted octanol–water partition coefficient (Wildman–Crippen LogP) is 2.31. The highest BCUT2D eigenvalue weighted by atomic mass is 16.5. The number of fused-ring (bicyclic) bond motifs is 2. The Bertz CT molecular complexity index is 573. The number of methoxy groups -OCH3 is 1. The molecule has 1 heterocycles. The lowest BCUT2D eigenvalue weighted by Gasteiger charge is -2.20. The van der Waals surface area contributed by atoms with Crippen LogP contribution in [0.5, 0.6) is 0 Å². The first-order chi connectivity index (χ1) is 10.7. The number of aromatic nitrogens is 1. The van der Waals surface area contributed by atoms with Gasteiger partial charge in [-0.15, -0.1) is 0 Å². The molecule has 3 unspecified atom stereocenters. The number of carbonyl (C=O) groups excluding carboxylic acids is 2. The van der Waals surface area contributed by atoms with Crippen LogP contribution in [0, 0.1) is 17.8 Å². The number of nitrogens with one attached hydrogen (secondary N) is 1. The number of rotatable bonds is 5. The summed E-state index contributed by atoms with van der Waals surface area (Å²) in [6, 6.07) is 3.45. The van der Waals surface area contributed by atoms with E-state index in [9.17, 15) is 9.59 Å². The van der Waals surface area contributed by atoms with Crippen molar-refractivity contribution >= 4 is 11.9 Å². The van der Waals surface area contributed by atoms with Gasteiger partial charge in [-0.3, -0.25) is 4.79 Å². The molecule has 1 aromatic heterocycles. The highest BCUT2D eigenvalue weighted by Crippen LogP contribution is 2.49. The van der Waals surface area contributed by atoms with Gasteiger partial charge in [0, 0.05) is 19.2 Å². The fourth-order valence-electron chi connectivity index (χ4n) is 3.94. The van der Waals surface area contributed by atoms with E-state index in [-0.39, 0.29) is 11.6 Å². The number of esters is 1. The number of carbonyl (C=O) groups is 2. The number of ether oxygens (including phenoxy) is 1. The van der Waals surface area contributed by atoms with Crippen LogP contribution in [0.2, 0.25) is 0 Å². The standard InChI is InChI=1S/C17H22N2O3/c1-22-17(21)15-8-12(4-5-18-15)10-19-16(20)9-14-7-11-2-3-13(14)6-11/h4-5,8,11,13-14H,2-3,6-7,9-10H2,1H3,(H,19,20). The summed E-state index contributed by atoms with van der Waals surface area (Å²) in [6.45, 7) is 0.423. The van der Waals surface area contributed by atoms with Crippen LogP contribution >= 0.6 is 0 Å². The van der Waals surface area contributed by atoms with Crippen LogP contribution in [0.25, 0.3) is 0 Å². The monoisotopic (exact) mass is 302 g/mol. The largest absolute Gasteiger partial charge is 0.464 e. The summed E-state index contributed by atoms with van der Waals surface area (Å²) in [4.78, 5) is 27.5. The molecule has 0 aromatic carbocycles. The molecule has 2 saturated carbocycles. The van der Waals surface area contributed by atoms with Crippen LogP contribution in [0.3, 0.4) is 0 Å². The van der Waals surface area contributed by atoms with Gasteiger partial charge in [0.25, 0.3) is 0 Å². The molecule has 2 aliphatic rings. The van der Waals surface area contributed by atoms with Crippen molar-refractivity contribution in [2.75, 3.05) is 7.11 Å². The molecule has 3 atom stereocenters. The molecule has 0 aliphatic heterocycles. The average molecular weight is 302 g/mol. The van der Waals surface area contributed by atoms with Gasteiger partial charge in [-0.2, -0.15) is 0 Å². The van der Waals surface area contributed by atoms with Crippen molar-refractivity contribution in [2.24, 2.45) is 17.8 Å². The van der Waals surface area contributed by atoms with E-state index in [2.05, 4.69) is 15.0 Å². The van der Waals surface area contributed by atoms with Gasteiger partial charge in [-0.1, -0.05) is 6.42 Å². The molecule has 1 aromatic rings. The number of amides is 1. The van der Waals surface area contributed by atoms with Gasteiger partial charge in [-0.05, 0) is 54.7 Å². The van der Waals surface area contributed by atoms with Crippen LogP contribution in [0.4, 0.5) is 0 Å². The minimum atomic E-state index is -0.463. The summed E-state index contributed by atoms with van der Waals surface area (Å²) >= 11 is 0. The Balaban J connectivity index is 1.49. The second-order valence-electron chi connectivity index (χ2n) is 6.46. The van der Waals surface area contributed by atoms with E-state index in [1.54, 1.807) is 18.3 Å². The maximum atomic E-state index is 12.1. The lowest BCUT2D eigenvalue weighted by Crippen LogP contribution is -2.27. The van der Waals surface area contributed by atoms with Crippen molar-refractivity contribution in [2.45, 2.75) is 38.6 Å². The SMILES string of the molecule is COC(=O)c1cc(CNC(=O)CC2CC3CCC2C3)ccn1. The van der Waals surface area contributed by atoms with Crippen LogP contribution < -0.4 is 5.32 Å². The van der Waals surface area contributed by atoms with Crippen molar-refractivity contribution in [1.29, 1.82) is 0 Å². The summed E-state index contributed by atoms with van der Waals surface area (Å²) < 4.78 is 4.64. The molecule has 22 heavy (non-hydrogen) atoms. The highest BCUT2D eigenvalue weighted by molar-refractivity contribution is 5.87. The van der Waals surface area contributed by atoms with Crippen LogP contribution in [0.1, 0.15) is 48.2 Å². The fourth-order valence-corrected chi connectivity index (χ4v) is 3.94. The normalized spacial score (nSPS) is 26.0. The van der Waals surface area contributed by atoms with E-state index in [0.717, 1.165) is 17.4 Å². The lowest BCUT2D eigenvalue weighted by molar-refractivity contribution is -0.122. The predicted molar refractivity (Wildman–Crippen MR) is 81.0 cm³/mol. The summed E-state index contributed by atoms with van der Waals surface area (Å²) in [6.07, 6.45) is 7.40. The summed E-state index contributed by atoms with van der Waals surface area (Å²) in [5.41, 5.74) is 1.12.